The Hall–Kier alpha value is -2.53. The lowest BCUT2D eigenvalue weighted by Crippen LogP contribution is -2.11. The maximum Gasteiger partial charge on any atom is 0.249 e. The van der Waals surface area contributed by atoms with Crippen molar-refractivity contribution in [3.05, 3.63) is 65.8 Å². The van der Waals surface area contributed by atoms with Crippen LogP contribution in [-0.4, -0.2) is 15.2 Å². The van der Waals surface area contributed by atoms with Gasteiger partial charge in [-0.25, -0.2) is 0 Å². The summed E-state index contributed by atoms with van der Waals surface area (Å²) >= 11 is 0. The molecule has 3 rings (SSSR count). The number of aromatic nitrogens is 3. The van der Waals surface area contributed by atoms with E-state index in [0.717, 1.165) is 16.8 Å². The minimum atomic E-state index is -0.422. The van der Waals surface area contributed by atoms with Crippen LogP contribution < -0.4 is 5.73 Å². The van der Waals surface area contributed by atoms with Crippen LogP contribution in [0, 0.1) is 6.92 Å². The van der Waals surface area contributed by atoms with E-state index in [1.54, 1.807) is 6.20 Å². The zero-order valence-corrected chi connectivity index (χ0v) is 11.0. The Labute approximate surface area is 116 Å². The van der Waals surface area contributed by atoms with Crippen molar-refractivity contribution in [2.24, 2.45) is 5.73 Å². The molecule has 0 bridgehead atoms. The van der Waals surface area contributed by atoms with Gasteiger partial charge in [-0.2, -0.15) is 0 Å². The van der Waals surface area contributed by atoms with Gasteiger partial charge in [0.05, 0.1) is 5.56 Å². The number of hydrogen-bond donors (Lipinski definition) is 1. The zero-order chi connectivity index (χ0) is 13.9. The molecule has 2 aromatic heterocycles. The average Bonchev–Trinajstić information content (AvgIpc) is 2.97. The second-order valence-corrected chi connectivity index (χ2v) is 4.47. The zero-order valence-electron chi connectivity index (χ0n) is 11.0. The van der Waals surface area contributed by atoms with Gasteiger partial charge >= 0.3 is 0 Å². The highest BCUT2D eigenvalue weighted by molar-refractivity contribution is 5.55. The molecule has 0 aliphatic rings. The minimum absolute atomic E-state index is 0.398. The number of hydrogen-bond acceptors (Lipinski definition) is 5. The summed E-state index contributed by atoms with van der Waals surface area (Å²) in [5, 5.41) is 8.10. The molecule has 100 valence electrons. The molecule has 0 saturated heterocycles. The predicted molar refractivity (Wildman–Crippen MR) is 74.7 cm³/mol. The smallest absolute Gasteiger partial charge is 0.249 e. The number of rotatable bonds is 3. The summed E-state index contributed by atoms with van der Waals surface area (Å²) in [6.45, 7) is 1.90. The Bertz CT molecular complexity index is 709. The largest absolute Gasteiger partial charge is 0.419 e. The van der Waals surface area contributed by atoms with E-state index >= 15 is 0 Å². The molecule has 0 spiro atoms. The summed E-state index contributed by atoms with van der Waals surface area (Å²) in [7, 11) is 0. The number of aryl methyl sites for hydroxylation is 1. The molecule has 5 nitrogen and oxygen atoms in total. The van der Waals surface area contributed by atoms with Crippen LogP contribution in [0.25, 0.3) is 11.5 Å². The number of nitrogens with zero attached hydrogens (tertiary/aromatic N) is 3. The molecule has 0 saturated carbocycles. The monoisotopic (exact) mass is 266 g/mol. The Morgan fingerprint density at radius 1 is 1.05 bits per heavy atom. The Morgan fingerprint density at radius 2 is 1.85 bits per heavy atom. The van der Waals surface area contributed by atoms with Crippen molar-refractivity contribution in [3.8, 4) is 11.5 Å². The molecule has 1 aromatic carbocycles. The van der Waals surface area contributed by atoms with Crippen LogP contribution >= 0.6 is 0 Å². The van der Waals surface area contributed by atoms with E-state index in [1.807, 2.05) is 49.4 Å². The first kappa shape index (κ1) is 12.5. The quantitative estimate of drug-likeness (QED) is 0.788. The van der Waals surface area contributed by atoms with Gasteiger partial charge in [0, 0.05) is 11.9 Å². The molecule has 0 amide bonds. The molecule has 1 unspecified atom stereocenters. The Balaban J connectivity index is 1.93. The molecular weight excluding hydrogens is 252 g/mol. The van der Waals surface area contributed by atoms with Gasteiger partial charge in [0.15, 0.2) is 0 Å². The summed E-state index contributed by atoms with van der Waals surface area (Å²) in [4.78, 5) is 4.21. The highest BCUT2D eigenvalue weighted by atomic mass is 16.4. The Morgan fingerprint density at radius 3 is 2.60 bits per heavy atom. The van der Waals surface area contributed by atoms with E-state index in [9.17, 15) is 0 Å². The summed E-state index contributed by atoms with van der Waals surface area (Å²) < 4.78 is 5.68. The van der Waals surface area contributed by atoms with Gasteiger partial charge in [0.2, 0.25) is 11.8 Å². The lowest BCUT2D eigenvalue weighted by molar-refractivity contribution is 0.484. The number of benzene rings is 1. The molecule has 0 aliphatic carbocycles. The van der Waals surface area contributed by atoms with E-state index in [0.29, 0.717) is 11.8 Å². The normalized spacial score (nSPS) is 12.3. The first-order valence-corrected chi connectivity index (χ1v) is 6.31. The van der Waals surface area contributed by atoms with Gasteiger partial charge in [-0.15, -0.1) is 10.2 Å². The van der Waals surface area contributed by atoms with Crippen LogP contribution in [0.5, 0.6) is 0 Å². The molecule has 3 aromatic rings. The standard InChI is InChI=1S/C15H14N4O/c1-10-12(8-5-9-17-10)14-18-19-15(20-14)13(16)11-6-3-2-4-7-11/h2-9,13H,16H2,1H3. The molecule has 1 atom stereocenters. The van der Waals surface area contributed by atoms with Crippen molar-refractivity contribution in [1.82, 2.24) is 15.2 Å². The number of pyridine rings is 1. The average molecular weight is 266 g/mol. The molecule has 0 radical (unpaired) electrons. The fourth-order valence-corrected chi connectivity index (χ4v) is 1.98. The van der Waals surface area contributed by atoms with Crippen molar-refractivity contribution in [1.29, 1.82) is 0 Å². The third kappa shape index (κ3) is 2.31. The van der Waals surface area contributed by atoms with Crippen LogP contribution in [0.15, 0.2) is 53.1 Å². The topological polar surface area (TPSA) is 77.8 Å². The Kier molecular flexibility index (Phi) is 3.26. The van der Waals surface area contributed by atoms with E-state index in [2.05, 4.69) is 15.2 Å². The number of nitrogens with two attached hydrogens (primary N) is 1. The fourth-order valence-electron chi connectivity index (χ4n) is 1.98. The molecule has 0 fully saturated rings. The minimum Gasteiger partial charge on any atom is -0.419 e. The molecule has 5 heteroatoms. The van der Waals surface area contributed by atoms with Gasteiger partial charge in [0.1, 0.15) is 6.04 Å². The fraction of sp³-hybridized carbons (Fsp3) is 0.133. The van der Waals surface area contributed by atoms with E-state index in [4.69, 9.17) is 10.2 Å². The van der Waals surface area contributed by atoms with Crippen molar-refractivity contribution >= 4 is 0 Å². The molecule has 2 N–H and O–H groups in total. The second kappa shape index (κ2) is 5.22. The van der Waals surface area contributed by atoms with E-state index in [-0.39, 0.29) is 0 Å². The molecule has 0 aliphatic heterocycles. The van der Waals surface area contributed by atoms with E-state index < -0.39 is 6.04 Å². The highest BCUT2D eigenvalue weighted by Crippen LogP contribution is 2.24. The maximum absolute atomic E-state index is 6.13. The van der Waals surface area contributed by atoms with Crippen molar-refractivity contribution < 1.29 is 4.42 Å². The summed E-state index contributed by atoms with van der Waals surface area (Å²) in [6, 6.07) is 13.0. The second-order valence-electron chi connectivity index (χ2n) is 4.47. The lowest BCUT2D eigenvalue weighted by Gasteiger charge is -2.06. The summed E-state index contributed by atoms with van der Waals surface area (Å²) in [6.07, 6.45) is 1.73. The first-order valence-electron chi connectivity index (χ1n) is 6.31. The third-order valence-electron chi connectivity index (χ3n) is 3.10. The molecule has 2 heterocycles. The van der Waals surface area contributed by atoms with E-state index in [1.165, 1.54) is 0 Å². The van der Waals surface area contributed by atoms with Crippen LogP contribution in [-0.2, 0) is 0 Å². The van der Waals surface area contributed by atoms with Gasteiger partial charge in [-0.3, -0.25) is 4.98 Å². The predicted octanol–water partition coefficient (Wildman–Crippen LogP) is 2.49. The lowest BCUT2D eigenvalue weighted by atomic mass is 10.1. The van der Waals surface area contributed by atoms with Crippen LogP contribution in [0.4, 0.5) is 0 Å². The van der Waals surface area contributed by atoms with Gasteiger partial charge < -0.3 is 10.2 Å². The van der Waals surface area contributed by atoms with Gasteiger partial charge in [-0.1, -0.05) is 30.3 Å². The maximum atomic E-state index is 6.13. The van der Waals surface area contributed by atoms with Crippen LogP contribution in [0.2, 0.25) is 0 Å². The third-order valence-corrected chi connectivity index (χ3v) is 3.10. The van der Waals surface area contributed by atoms with Crippen LogP contribution in [0.1, 0.15) is 23.2 Å². The summed E-state index contributed by atoms with van der Waals surface area (Å²) in [5.74, 6) is 0.839. The van der Waals surface area contributed by atoms with Gasteiger partial charge in [-0.05, 0) is 24.6 Å². The molecular formula is C15H14N4O. The summed E-state index contributed by atoms with van der Waals surface area (Å²) in [5.41, 5.74) is 8.74. The van der Waals surface area contributed by atoms with Crippen molar-refractivity contribution in [2.45, 2.75) is 13.0 Å². The van der Waals surface area contributed by atoms with Crippen molar-refractivity contribution in [3.63, 3.8) is 0 Å². The van der Waals surface area contributed by atoms with Gasteiger partial charge in [0.25, 0.3) is 0 Å². The molecule has 20 heavy (non-hydrogen) atoms. The first-order chi connectivity index (χ1) is 9.75. The SMILES string of the molecule is Cc1ncccc1-c1nnc(C(N)c2ccccc2)o1. The highest BCUT2D eigenvalue weighted by Gasteiger charge is 2.17. The van der Waals surface area contributed by atoms with Crippen LogP contribution in [0.3, 0.4) is 0 Å². The van der Waals surface area contributed by atoms with Crippen molar-refractivity contribution in [2.75, 3.05) is 0 Å².